The first-order chi connectivity index (χ1) is 15.3. The van der Waals surface area contributed by atoms with Crippen molar-refractivity contribution in [3.05, 3.63) is 17.5 Å². The Bertz CT molecular complexity index is 820. The van der Waals surface area contributed by atoms with Crippen LogP contribution < -0.4 is 5.32 Å². The summed E-state index contributed by atoms with van der Waals surface area (Å²) in [6.45, 7) is 9.71. The number of aromatic nitrogens is 1. The van der Waals surface area contributed by atoms with Gasteiger partial charge in [0.05, 0.1) is 12.2 Å². The first-order valence-corrected chi connectivity index (χ1v) is 12.6. The molecule has 1 aromatic rings. The average Bonchev–Trinajstić information content (AvgIpc) is 3.15. The van der Waals surface area contributed by atoms with E-state index < -0.39 is 6.04 Å². The van der Waals surface area contributed by atoms with Gasteiger partial charge < -0.3 is 14.7 Å². The molecule has 4 aliphatic carbocycles. The Morgan fingerprint density at radius 1 is 1.09 bits per heavy atom. The molecule has 5 fully saturated rings. The third-order valence-electron chi connectivity index (χ3n) is 8.48. The van der Waals surface area contributed by atoms with Crippen molar-refractivity contribution < 1.29 is 14.1 Å². The summed E-state index contributed by atoms with van der Waals surface area (Å²) in [4.78, 5) is 31.2. The lowest BCUT2D eigenvalue weighted by Gasteiger charge is -2.56. The van der Waals surface area contributed by atoms with Crippen LogP contribution in [0.3, 0.4) is 0 Å². The number of piperazine rings is 1. The van der Waals surface area contributed by atoms with E-state index in [1.54, 1.807) is 0 Å². The molecule has 1 aromatic heterocycles. The molecular weight excluding hydrogens is 404 g/mol. The number of nitrogens with zero attached hydrogens (tertiary/aromatic N) is 3. The van der Waals surface area contributed by atoms with Gasteiger partial charge in [0.15, 0.2) is 5.76 Å². The Balaban J connectivity index is 1.19. The van der Waals surface area contributed by atoms with E-state index in [-0.39, 0.29) is 23.1 Å². The molecule has 2 heterocycles. The van der Waals surface area contributed by atoms with E-state index in [0.29, 0.717) is 13.1 Å². The fraction of sp³-hybridized carbons (Fsp3) is 0.800. The molecular formula is C25H38N4O3. The summed E-state index contributed by atoms with van der Waals surface area (Å²) in [5.41, 5.74) is 0.680. The van der Waals surface area contributed by atoms with Gasteiger partial charge in [-0.15, -0.1) is 0 Å². The summed E-state index contributed by atoms with van der Waals surface area (Å²) >= 11 is 0. The zero-order chi connectivity index (χ0) is 22.5. The fourth-order valence-electron chi connectivity index (χ4n) is 7.23. The van der Waals surface area contributed by atoms with Gasteiger partial charge >= 0.3 is 0 Å². The van der Waals surface area contributed by atoms with E-state index in [1.807, 2.05) is 31.7 Å². The van der Waals surface area contributed by atoms with Gasteiger partial charge in [-0.05, 0) is 69.1 Å². The van der Waals surface area contributed by atoms with Gasteiger partial charge in [0.1, 0.15) is 6.04 Å². The number of nitrogens with one attached hydrogen (secondary N) is 1. The molecule has 2 amide bonds. The summed E-state index contributed by atoms with van der Waals surface area (Å²) in [5.74, 6) is 3.35. The van der Waals surface area contributed by atoms with E-state index in [1.165, 1.54) is 19.3 Å². The van der Waals surface area contributed by atoms with E-state index in [0.717, 1.165) is 68.1 Å². The van der Waals surface area contributed by atoms with Crippen LogP contribution in [0.15, 0.2) is 10.6 Å². The Labute approximate surface area is 191 Å². The van der Waals surface area contributed by atoms with Crippen molar-refractivity contribution in [2.45, 2.75) is 71.9 Å². The molecule has 32 heavy (non-hydrogen) atoms. The number of aryl methyl sites for hydroxylation is 1. The summed E-state index contributed by atoms with van der Waals surface area (Å²) < 4.78 is 5.34. The molecule has 7 heteroatoms. The molecule has 1 saturated heterocycles. The second kappa shape index (κ2) is 8.47. The van der Waals surface area contributed by atoms with E-state index >= 15 is 0 Å². The van der Waals surface area contributed by atoms with Crippen LogP contribution >= 0.6 is 0 Å². The van der Waals surface area contributed by atoms with E-state index in [2.05, 4.69) is 15.4 Å². The Morgan fingerprint density at radius 3 is 2.19 bits per heavy atom. The van der Waals surface area contributed by atoms with Crippen LogP contribution in [0.4, 0.5) is 0 Å². The van der Waals surface area contributed by atoms with Gasteiger partial charge in [-0.25, -0.2) is 0 Å². The van der Waals surface area contributed by atoms with Crippen molar-refractivity contribution in [1.82, 2.24) is 20.3 Å². The quantitative estimate of drug-likeness (QED) is 0.733. The number of carbonyl (C=O) groups excluding carboxylic acids is 2. The summed E-state index contributed by atoms with van der Waals surface area (Å²) in [7, 11) is 0. The Kier molecular flexibility index (Phi) is 5.81. The third-order valence-corrected chi connectivity index (χ3v) is 8.48. The molecule has 1 N–H and O–H groups in total. The SMILES string of the molecule is Cc1cc(CN2CCN(C(=O)C(NC(=O)C34CC5CC(CC(C5)C3)C4)C(C)C)CC2)on1. The highest BCUT2D eigenvalue weighted by molar-refractivity contribution is 5.90. The molecule has 0 radical (unpaired) electrons. The molecule has 0 aromatic carbocycles. The van der Waals surface area contributed by atoms with Crippen LogP contribution in [-0.4, -0.2) is 59.0 Å². The Morgan fingerprint density at radius 2 is 1.69 bits per heavy atom. The summed E-state index contributed by atoms with van der Waals surface area (Å²) in [6, 6.07) is 1.53. The molecule has 176 valence electrons. The van der Waals surface area contributed by atoms with Gasteiger partial charge in [-0.2, -0.15) is 0 Å². The highest BCUT2D eigenvalue weighted by Gasteiger charge is 2.55. The van der Waals surface area contributed by atoms with Crippen molar-refractivity contribution >= 4 is 11.8 Å². The number of carbonyl (C=O) groups is 2. The van der Waals surface area contributed by atoms with Gasteiger partial charge in [0, 0.05) is 37.7 Å². The average molecular weight is 443 g/mol. The lowest BCUT2D eigenvalue weighted by atomic mass is 9.49. The maximum atomic E-state index is 13.5. The summed E-state index contributed by atoms with van der Waals surface area (Å²) in [6.07, 6.45) is 7.04. The highest BCUT2D eigenvalue weighted by Crippen LogP contribution is 2.60. The predicted octanol–water partition coefficient (Wildman–Crippen LogP) is 2.98. The van der Waals surface area contributed by atoms with Crippen LogP contribution in [0.1, 0.15) is 63.8 Å². The maximum absolute atomic E-state index is 13.5. The first-order valence-electron chi connectivity index (χ1n) is 12.6. The van der Waals surface area contributed by atoms with Crippen LogP contribution in [-0.2, 0) is 16.1 Å². The number of amides is 2. The zero-order valence-corrected chi connectivity index (χ0v) is 19.8. The third kappa shape index (κ3) is 4.20. The number of hydrogen-bond donors (Lipinski definition) is 1. The topological polar surface area (TPSA) is 78.7 Å². The minimum absolute atomic E-state index is 0.0771. The molecule has 6 rings (SSSR count). The predicted molar refractivity (Wildman–Crippen MR) is 120 cm³/mol. The second-order valence-electron chi connectivity index (χ2n) is 11.4. The van der Waals surface area contributed by atoms with Crippen LogP contribution in [0.5, 0.6) is 0 Å². The van der Waals surface area contributed by atoms with Crippen molar-refractivity contribution in [2.24, 2.45) is 29.1 Å². The molecule has 0 spiro atoms. The summed E-state index contributed by atoms with van der Waals surface area (Å²) in [5, 5.41) is 7.21. The molecule has 4 saturated carbocycles. The van der Waals surface area contributed by atoms with Crippen LogP contribution in [0, 0.1) is 36.0 Å². The lowest BCUT2D eigenvalue weighted by molar-refractivity contribution is -0.151. The standard InChI is InChI=1S/C25H38N4O3/c1-16(2)22(26-24(31)25-12-18-9-19(13-25)11-20(10-18)14-25)23(30)29-6-4-28(5-7-29)15-21-8-17(3)27-32-21/h8,16,18-20,22H,4-7,9-15H2,1-3H3,(H,26,31). The number of hydrogen-bond acceptors (Lipinski definition) is 5. The minimum atomic E-state index is -0.432. The smallest absolute Gasteiger partial charge is 0.245 e. The zero-order valence-electron chi connectivity index (χ0n) is 19.8. The largest absolute Gasteiger partial charge is 0.360 e. The normalized spacial score (nSPS) is 33.0. The van der Waals surface area contributed by atoms with Crippen molar-refractivity contribution in [3.8, 4) is 0 Å². The molecule has 1 atom stereocenters. The monoisotopic (exact) mass is 442 g/mol. The van der Waals surface area contributed by atoms with Crippen LogP contribution in [0.2, 0.25) is 0 Å². The second-order valence-corrected chi connectivity index (χ2v) is 11.4. The van der Waals surface area contributed by atoms with E-state index in [4.69, 9.17) is 4.52 Å². The van der Waals surface area contributed by atoms with Gasteiger partial charge in [-0.3, -0.25) is 14.5 Å². The molecule has 1 unspecified atom stereocenters. The van der Waals surface area contributed by atoms with Gasteiger partial charge in [-0.1, -0.05) is 19.0 Å². The first kappa shape index (κ1) is 21.9. The molecule has 4 bridgehead atoms. The van der Waals surface area contributed by atoms with Gasteiger partial charge in [0.25, 0.3) is 0 Å². The maximum Gasteiger partial charge on any atom is 0.245 e. The molecule has 1 aliphatic heterocycles. The van der Waals surface area contributed by atoms with Crippen molar-refractivity contribution in [1.29, 1.82) is 0 Å². The molecule has 5 aliphatic rings. The fourth-order valence-corrected chi connectivity index (χ4v) is 7.23. The van der Waals surface area contributed by atoms with Crippen molar-refractivity contribution in [2.75, 3.05) is 26.2 Å². The van der Waals surface area contributed by atoms with Crippen LogP contribution in [0.25, 0.3) is 0 Å². The van der Waals surface area contributed by atoms with Crippen molar-refractivity contribution in [3.63, 3.8) is 0 Å². The number of rotatable bonds is 6. The minimum Gasteiger partial charge on any atom is -0.360 e. The highest BCUT2D eigenvalue weighted by atomic mass is 16.5. The molecule has 7 nitrogen and oxygen atoms in total. The van der Waals surface area contributed by atoms with E-state index in [9.17, 15) is 9.59 Å². The Hall–Kier alpha value is -1.89. The van der Waals surface area contributed by atoms with Gasteiger partial charge in [0.2, 0.25) is 11.8 Å². The lowest BCUT2D eigenvalue weighted by Crippen LogP contribution is -2.60.